The Morgan fingerprint density at radius 3 is 2.50 bits per heavy atom. The largest absolute Gasteiger partial charge is 0.459 e. The van der Waals surface area contributed by atoms with Crippen molar-refractivity contribution in [2.45, 2.75) is 71.7 Å². The summed E-state index contributed by atoms with van der Waals surface area (Å²) in [6.07, 6.45) is -1.41. The Balaban J connectivity index is 1.89. The molecular weight excluding hydrogens is 419 g/mol. The number of aryl methyl sites for hydroxylation is 2. The Morgan fingerprint density at radius 2 is 1.90 bits per heavy atom. The number of hydrogen-bond acceptors (Lipinski definition) is 5. The van der Waals surface area contributed by atoms with Crippen LogP contribution in [0.25, 0.3) is 0 Å². The summed E-state index contributed by atoms with van der Waals surface area (Å²) in [7, 11) is 0. The molecule has 6 nitrogen and oxygen atoms in total. The monoisotopic (exact) mass is 443 g/mol. The Morgan fingerprint density at radius 1 is 1.23 bits per heavy atom. The molecule has 0 fully saturated rings. The number of fused-ring (bicyclic) bond motifs is 1. The van der Waals surface area contributed by atoms with Gasteiger partial charge in [0, 0.05) is 10.6 Å². The molecule has 10 heteroatoms. The number of thiophene rings is 1. The average Bonchev–Trinajstić information content (AvgIpc) is 3.20. The van der Waals surface area contributed by atoms with E-state index >= 15 is 0 Å². The highest BCUT2D eigenvalue weighted by atomic mass is 32.1. The van der Waals surface area contributed by atoms with Gasteiger partial charge in [0.2, 0.25) is 5.91 Å². The SMILES string of the molecule is Cc1cc(C(F)(F)F)nn1C(C)C(=O)Nc1sc2c(c1C(=O)OC(C)C)CCCC2. The van der Waals surface area contributed by atoms with Crippen LogP contribution < -0.4 is 5.32 Å². The molecule has 0 saturated carbocycles. The van der Waals surface area contributed by atoms with Crippen LogP contribution in [-0.2, 0) is 28.5 Å². The summed E-state index contributed by atoms with van der Waals surface area (Å²) in [6.45, 7) is 6.42. The number of aromatic nitrogens is 2. The zero-order chi connectivity index (χ0) is 22.2. The molecule has 1 aliphatic carbocycles. The van der Waals surface area contributed by atoms with Gasteiger partial charge in [-0.3, -0.25) is 9.48 Å². The number of ether oxygens (including phenoxy) is 1. The molecule has 2 aromatic heterocycles. The maximum atomic E-state index is 12.9. The summed E-state index contributed by atoms with van der Waals surface area (Å²) in [4.78, 5) is 26.6. The standard InChI is InChI=1S/C20H24F3N3O3S/c1-10(2)29-19(28)16-13-7-5-6-8-14(13)30-18(16)24-17(27)12(4)26-11(3)9-15(25-26)20(21,22)23/h9-10,12H,5-8H2,1-4H3,(H,24,27). The van der Waals surface area contributed by atoms with Crippen molar-refractivity contribution < 1.29 is 27.5 Å². The molecule has 1 atom stereocenters. The fourth-order valence-electron chi connectivity index (χ4n) is 3.49. The summed E-state index contributed by atoms with van der Waals surface area (Å²) in [6, 6.07) is -0.0896. The van der Waals surface area contributed by atoms with Crippen LogP contribution in [0.3, 0.4) is 0 Å². The second-order valence-corrected chi connectivity index (χ2v) is 8.75. The summed E-state index contributed by atoms with van der Waals surface area (Å²) in [5.41, 5.74) is 0.425. The van der Waals surface area contributed by atoms with Crippen molar-refractivity contribution in [3.63, 3.8) is 0 Å². The normalized spacial score (nSPS) is 15.1. The molecule has 1 unspecified atom stereocenters. The molecular formula is C20H24F3N3O3S. The molecule has 0 aromatic carbocycles. The highest BCUT2D eigenvalue weighted by Crippen LogP contribution is 2.39. The molecule has 0 saturated heterocycles. The molecule has 1 N–H and O–H groups in total. The van der Waals surface area contributed by atoms with Crippen LogP contribution in [0.15, 0.2) is 6.07 Å². The molecule has 2 heterocycles. The van der Waals surface area contributed by atoms with Crippen LogP contribution in [0.4, 0.5) is 18.2 Å². The van der Waals surface area contributed by atoms with Gasteiger partial charge in [-0.25, -0.2) is 4.79 Å². The summed E-state index contributed by atoms with van der Waals surface area (Å²) in [5, 5.41) is 6.66. The van der Waals surface area contributed by atoms with Gasteiger partial charge in [0.05, 0.1) is 11.7 Å². The molecule has 1 amide bonds. The van der Waals surface area contributed by atoms with Gasteiger partial charge < -0.3 is 10.1 Å². The summed E-state index contributed by atoms with van der Waals surface area (Å²) in [5.74, 6) is -1.05. The minimum absolute atomic E-state index is 0.217. The van der Waals surface area contributed by atoms with E-state index in [1.165, 1.54) is 25.2 Å². The maximum Gasteiger partial charge on any atom is 0.435 e. The van der Waals surface area contributed by atoms with Crippen LogP contribution in [0.2, 0.25) is 0 Å². The van der Waals surface area contributed by atoms with Crippen LogP contribution in [0.1, 0.15) is 71.8 Å². The van der Waals surface area contributed by atoms with Gasteiger partial charge in [-0.1, -0.05) is 0 Å². The zero-order valence-electron chi connectivity index (χ0n) is 17.2. The van der Waals surface area contributed by atoms with Crippen LogP contribution >= 0.6 is 11.3 Å². The molecule has 2 aromatic rings. The van der Waals surface area contributed by atoms with E-state index in [0.29, 0.717) is 10.6 Å². The summed E-state index contributed by atoms with van der Waals surface area (Å²) < 4.78 is 45.2. The number of nitrogens with one attached hydrogen (secondary N) is 1. The van der Waals surface area contributed by atoms with Crippen molar-refractivity contribution >= 4 is 28.2 Å². The van der Waals surface area contributed by atoms with Crippen molar-refractivity contribution in [2.24, 2.45) is 0 Å². The van der Waals surface area contributed by atoms with E-state index in [-0.39, 0.29) is 11.8 Å². The van der Waals surface area contributed by atoms with E-state index in [0.717, 1.165) is 46.9 Å². The number of halogens is 3. The van der Waals surface area contributed by atoms with E-state index < -0.39 is 29.8 Å². The molecule has 0 aliphatic heterocycles. The minimum Gasteiger partial charge on any atom is -0.459 e. The van der Waals surface area contributed by atoms with Crippen molar-refractivity contribution in [1.29, 1.82) is 0 Å². The number of anilines is 1. The third-order valence-corrected chi connectivity index (χ3v) is 6.12. The fourth-order valence-corrected chi connectivity index (χ4v) is 4.77. The highest BCUT2D eigenvalue weighted by molar-refractivity contribution is 7.17. The number of rotatable bonds is 5. The molecule has 0 spiro atoms. The molecule has 3 rings (SSSR count). The van der Waals surface area contributed by atoms with Gasteiger partial charge in [-0.05, 0) is 65.0 Å². The number of esters is 1. The topological polar surface area (TPSA) is 73.2 Å². The lowest BCUT2D eigenvalue weighted by Gasteiger charge is -2.16. The smallest absolute Gasteiger partial charge is 0.435 e. The van der Waals surface area contributed by atoms with Crippen molar-refractivity contribution in [2.75, 3.05) is 5.32 Å². The highest BCUT2D eigenvalue weighted by Gasteiger charge is 2.36. The Bertz CT molecular complexity index is 963. The van der Waals surface area contributed by atoms with Gasteiger partial charge in [0.15, 0.2) is 5.69 Å². The first-order valence-electron chi connectivity index (χ1n) is 9.78. The Hall–Kier alpha value is -2.36. The van der Waals surface area contributed by atoms with Gasteiger partial charge >= 0.3 is 12.1 Å². The average molecular weight is 443 g/mol. The van der Waals surface area contributed by atoms with Crippen LogP contribution in [0, 0.1) is 6.92 Å². The van der Waals surface area contributed by atoms with Crippen molar-refractivity contribution in [3.05, 3.63) is 33.5 Å². The third kappa shape index (κ3) is 4.53. The molecule has 0 radical (unpaired) electrons. The van der Waals surface area contributed by atoms with E-state index in [4.69, 9.17) is 4.74 Å². The second kappa shape index (κ2) is 8.41. The zero-order valence-corrected chi connectivity index (χ0v) is 18.0. The quantitative estimate of drug-likeness (QED) is 0.666. The predicted molar refractivity (Wildman–Crippen MR) is 107 cm³/mol. The number of carbonyl (C=O) groups excluding carboxylic acids is 2. The Labute approximate surface area is 176 Å². The van der Waals surface area contributed by atoms with Crippen molar-refractivity contribution in [1.82, 2.24) is 9.78 Å². The fraction of sp³-hybridized carbons (Fsp3) is 0.550. The second-order valence-electron chi connectivity index (χ2n) is 7.65. The van der Waals surface area contributed by atoms with Crippen LogP contribution in [0.5, 0.6) is 0 Å². The van der Waals surface area contributed by atoms with Gasteiger partial charge in [0.25, 0.3) is 0 Å². The first-order valence-corrected chi connectivity index (χ1v) is 10.6. The molecule has 1 aliphatic rings. The lowest BCUT2D eigenvalue weighted by molar-refractivity contribution is -0.141. The lowest BCUT2D eigenvalue weighted by atomic mass is 9.95. The van der Waals surface area contributed by atoms with E-state index in [1.807, 2.05) is 0 Å². The number of alkyl halides is 3. The van der Waals surface area contributed by atoms with Gasteiger partial charge in [0.1, 0.15) is 11.0 Å². The predicted octanol–water partition coefficient (Wildman–Crippen LogP) is 4.92. The number of amides is 1. The van der Waals surface area contributed by atoms with E-state index in [1.54, 1.807) is 13.8 Å². The third-order valence-electron chi connectivity index (χ3n) is 4.91. The molecule has 30 heavy (non-hydrogen) atoms. The minimum atomic E-state index is -4.59. The number of nitrogens with zero attached hydrogens (tertiary/aromatic N) is 2. The Kier molecular flexibility index (Phi) is 6.26. The first kappa shape index (κ1) is 22.3. The lowest BCUT2D eigenvalue weighted by Crippen LogP contribution is -2.26. The summed E-state index contributed by atoms with van der Waals surface area (Å²) >= 11 is 1.33. The first-order chi connectivity index (χ1) is 14.0. The number of hydrogen-bond donors (Lipinski definition) is 1. The van der Waals surface area contributed by atoms with Gasteiger partial charge in [-0.2, -0.15) is 18.3 Å². The van der Waals surface area contributed by atoms with Crippen molar-refractivity contribution in [3.8, 4) is 0 Å². The van der Waals surface area contributed by atoms with Crippen LogP contribution in [-0.4, -0.2) is 27.8 Å². The van der Waals surface area contributed by atoms with Gasteiger partial charge in [-0.15, -0.1) is 11.3 Å². The maximum absolute atomic E-state index is 12.9. The molecule has 0 bridgehead atoms. The van der Waals surface area contributed by atoms with E-state index in [9.17, 15) is 22.8 Å². The number of carbonyl (C=O) groups is 2. The molecule has 164 valence electrons. The van der Waals surface area contributed by atoms with E-state index in [2.05, 4.69) is 10.4 Å².